The number of rotatable bonds is 5. The average molecular weight is 381 g/mol. The third-order valence-corrected chi connectivity index (χ3v) is 4.73. The van der Waals surface area contributed by atoms with Crippen LogP contribution in [0.15, 0.2) is 48.5 Å². The van der Waals surface area contributed by atoms with Gasteiger partial charge in [0.25, 0.3) is 5.91 Å². The second kappa shape index (κ2) is 7.04. The summed E-state index contributed by atoms with van der Waals surface area (Å²) >= 11 is 1.24. The molecule has 0 atom stereocenters. The first-order valence-electron chi connectivity index (χ1n) is 8.00. The molecule has 0 radical (unpaired) electrons. The highest BCUT2D eigenvalue weighted by atomic mass is 32.1. The molecule has 8 nitrogen and oxygen atoms in total. The zero-order valence-corrected chi connectivity index (χ0v) is 15.4. The number of carbonyl (C=O) groups is 1. The van der Waals surface area contributed by atoms with E-state index in [1.165, 1.54) is 11.3 Å². The molecule has 0 saturated carbocycles. The fraction of sp³-hybridized carbons (Fsp3) is 0.111. The second-order valence-electron chi connectivity index (χ2n) is 5.51. The molecule has 27 heavy (non-hydrogen) atoms. The molecule has 4 aromatic rings. The van der Waals surface area contributed by atoms with Crippen molar-refractivity contribution in [1.82, 2.24) is 19.8 Å². The van der Waals surface area contributed by atoms with Gasteiger partial charge in [0.2, 0.25) is 10.1 Å². The highest BCUT2D eigenvalue weighted by Gasteiger charge is 2.17. The van der Waals surface area contributed by atoms with Crippen LogP contribution in [0.25, 0.3) is 16.3 Å². The fourth-order valence-corrected chi connectivity index (χ4v) is 3.31. The van der Waals surface area contributed by atoms with E-state index in [1.54, 1.807) is 43.0 Å². The van der Waals surface area contributed by atoms with Gasteiger partial charge < -0.3 is 9.47 Å². The minimum absolute atomic E-state index is 0.263. The monoisotopic (exact) mass is 381 g/mol. The maximum atomic E-state index is 12.4. The van der Waals surface area contributed by atoms with Crippen LogP contribution in [-0.4, -0.2) is 39.9 Å². The summed E-state index contributed by atoms with van der Waals surface area (Å²) in [6.45, 7) is 0. The quantitative estimate of drug-likeness (QED) is 0.571. The maximum Gasteiger partial charge on any atom is 0.257 e. The number of hydrogen-bond acceptors (Lipinski definition) is 7. The first-order valence-corrected chi connectivity index (χ1v) is 8.82. The van der Waals surface area contributed by atoms with Gasteiger partial charge in [-0.25, -0.2) is 0 Å². The van der Waals surface area contributed by atoms with E-state index in [0.717, 1.165) is 5.56 Å². The van der Waals surface area contributed by atoms with E-state index in [4.69, 9.17) is 9.47 Å². The van der Waals surface area contributed by atoms with Crippen LogP contribution in [0.1, 0.15) is 10.4 Å². The molecular weight excluding hydrogens is 366 g/mol. The van der Waals surface area contributed by atoms with Gasteiger partial charge in [-0.3, -0.25) is 10.1 Å². The topological polar surface area (TPSA) is 90.6 Å². The number of ether oxygens (including phenoxy) is 2. The molecule has 0 saturated heterocycles. The van der Waals surface area contributed by atoms with Crippen molar-refractivity contribution in [3.8, 4) is 22.9 Å². The van der Waals surface area contributed by atoms with Gasteiger partial charge in [-0.15, -0.1) is 15.3 Å². The Morgan fingerprint density at radius 1 is 1.04 bits per heavy atom. The molecule has 2 aromatic carbocycles. The third kappa shape index (κ3) is 3.20. The molecule has 1 N–H and O–H groups in total. The lowest BCUT2D eigenvalue weighted by molar-refractivity contribution is 0.102. The lowest BCUT2D eigenvalue weighted by Crippen LogP contribution is -2.11. The van der Waals surface area contributed by atoms with Crippen molar-refractivity contribution in [3.05, 3.63) is 54.1 Å². The number of amides is 1. The predicted molar refractivity (Wildman–Crippen MR) is 102 cm³/mol. The van der Waals surface area contributed by atoms with Crippen molar-refractivity contribution < 1.29 is 14.3 Å². The van der Waals surface area contributed by atoms with Crippen LogP contribution in [0.2, 0.25) is 0 Å². The normalized spacial score (nSPS) is 10.7. The summed E-state index contributed by atoms with van der Waals surface area (Å²) in [5.74, 6) is 1.64. The lowest BCUT2D eigenvalue weighted by atomic mass is 10.2. The zero-order valence-electron chi connectivity index (χ0n) is 14.5. The molecule has 0 aliphatic heterocycles. The molecule has 0 fully saturated rings. The van der Waals surface area contributed by atoms with E-state index in [-0.39, 0.29) is 5.91 Å². The number of fused-ring (bicyclic) bond motifs is 1. The number of nitrogens with zero attached hydrogens (tertiary/aromatic N) is 4. The minimum atomic E-state index is -0.263. The zero-order chi connectivity index (χ0) is 18.8. The molecule has 0 unspecified atom stereocenters. The largest absolute Gasteiger partial charge is 0.497 e. The highest BCUT2D eigenvalue weighted by molar-refractivity contribution is 7.20. The van der Waals surface area contributed by atoms with E-state index in [1.807, 2.05) is 24.3 Å². The van der Waals surface area contributed by atoms with Crippen LogP contribution < -0.4 is 14.8 Å². The number of anilines is 1. The molecule has 2 heterocycles. The van der Waals surface area contributed by atoms with Crippen LogP contribution in [0, 0.1) is 0 Å². The highest BCUT2D eigenvalue weighted by Crippen LogP contribution is 2.30. The number of hydrogen-bond donors (Lipinski definition) is 1. The van der Waals surface area contributed by atoms with Crippen molar-refractivity contribution in [3.63, 3.8) is 0 Å². The van der Waals surface area contributed by atoms with Crippen molar-refractivity contribution in [2.24, 2.45) is 0 Å². The van der Waals surface area contributed by atoms with Crippen LogP contribution in [0.4, 0.5) is 5.13 Å². The number of para-hydroxylation sites is 1. The Morgan fingerprint density at radius 2 is 1.81 bits per heavy atom. The standard InChI is InChI=1S/C18H15N5O3S/c1-25-12-9-7-11(8-10-12)16(24)19-17-22-23-15(20-21-18(23)27-17)13-5-3-4-6-14(13)26-2/h3-10H,1-2H3,(H,19,22,24). The van der Waals surface area contributed by atoms with Crippen LogP contribution in [0.5, 0.6) is 11.5 Å². The Hall–Kier alpha value is -3.46. The summed E-state index contributed by atoms with van der Waals surface area (Å²) in [4.78, 5) is 13.0. The average Bonchev–Trinajstić information content (AvgIpc) is 3.28. The first-order chi connectivity index (χ1) is 13.2. The molecule has 0 aliphatic carbocycles. The molecule has 0 spiro atoms. The van der Waals surface area contributed by atoms with E-state index in [0.29, 0.717) is 33.0 Å². The van der Waals surface area contributed by atoms with Crippen LogP contribution in [-0.2, 0) is 0 Å². The van der Waals surface area contributed by atoms with Crippen LogP contribution >= 0.6 is 11.3 Å². The minimum Gasteiger partial charge on any atom is -0.497 e. The first kappa shape index (κ1) is 17.0. The van der Waals surface area contributed by atoms with E-state index >= 15 is 0 Å². The van der Waals surface area contributed by atoms with E-state index in [9.17, 15) is 4.79 Å². The van der Waals surface area contributed by atoms with Crippen LogP contribution in [0.3, 0.4) is 0 Å². The Kier molecular flexibility index (Phi) is 4.43. The lowest BCUT2D eigenvalue weighted by Gasteiger charge is -2.05. The summed E-state index contributed by atoms with van der Waals surface area (Å²) in [6, 6.07) is 14.3. The molecular formula is C18H15N5O3S. The SMILES string of the molecule is COc1ccc(C(=O)Nc2nn3c(-c4ccccc4OC)nnc3s2)cc1. The van der Waals surface area contributed by atoms with Gasteiger partial charge in [0.1, 0.15) is 11.5 Å². The van der Waals surface area contributed by atoms with E-state index in [2.05, 4.69) is 20.6 Å². The van der Waals surface area contributed by atoms with Gasteiger partial charge in [-0.05, 0) is 36.4 Å². The summed E-state index contributed by atoms with van der Waals surface area (Å²) in [5, 5.41) is 16.0. The van der Waals surface area contributed by atoms with Gasteiger partial charge in [0.05, 0.1) is 19.8 Å². The Labute approximate surface area is 158 Å². The van der Waals surface area contributed by atoms with Crippen molar-refractivity contribution in [2.45, 2.75) is 0 Å². The molecule has 0 aliphatic rings. The molecule has 9 heteroatoms. The number of methoxy groups -OCH3 is 2. The molecule has 4 rings (SSSR count). The number of carbonyl (C=O) groups excluding carboxylic acids is 1. The summed E-state index contributed by atoms with van der Waals surface area (Å²) < 4.78 is 12.1. The van der Waals surface area contributed by atoms with Gasteiger partial charge >= 0.3 is 0 Å². The Balaban J connectivity index is 1.62. The summed E-state index contributed by atoms with van der Waals surface area (Å²) in [7, 11) is 3.17. The number of nitrogens with one attached hydrogen (secondary N) is 1. The maximum absolute atomic E-state index is 12.4. The number of benzene rings is 2. The molecule has 1 amide bonds. The van der Waals surface area contributed by atoms with Crippen molar-refractivity contribution in [1.29, 1.82) is 0 Å². The Bertz CT molecular complexity index is 1100. The van der Waals surface area contributed by atoms with Gasteiger partial charge in [-0.1, -0.05) is 23.5 Å². The molecule has 0 bridgehead atoms. The van der Waals surface area contributed by atoms with E-state index < -0.39 is 0 Å². The van der Waals surface area contributed by atoms with Gasteiger partial charge in [0.15, 0.2) is 5.82 Å². The van der Waals surface area contributed by atoms with Crippen molar-refractivity contribution >= 4 is 27.3 Å². The van der Waals surface area contributed by atoms with Gasteiger partial charge in [0, 0.05) is 5.56 Å². The number of aromatic nitrogens is 4. The molecule has 136 valence electrons. The predicted octanol–water partition coefficient (Wildman–Crippen LogP) is 3.12. The smallest absolute Gasteiger partial charge is 0.257 e. The Morgan fingerprint density at radius 3 is 2.56 bits per heavy atom. The third-order valence-electron chi connectivity index (χ3n) is 3.91. The summed E-state index contributed by atoms with van der Waals surface area (Å²) in [5.41, 5.74) is 1.28. The summed E-state index contributed by atoms with van der Waals surface area (Å²) in [6.07, 6.45) is 0. The fourth-order valence-electron chi connectivity index (χ4n) is 2.58. The second-order valence-corrected chi connectivity index (χ2v) is 6.46. The van der Waals surface area contributed by atoms with Gasteiger partial charge in [-0.2, -0.15) is 4.52 Å². The van der Waals surface area contributed by atoms with Crippen molar-refractivity contribution in [2.75, 3.05) is 19.5 Å². The molecule has 2 aromatic heterocycles.